The molecule has 7 nitrogen and oxygen atoms in total. The molecule has 1 rings (SSSR count). The Balaban J connectivity index is 2.78. The van der Waals surface area contributed by atoms with Crippen LogP contribution in [0.2, 0.25) is 0 Å². The third-order valence-corrected chi connectivity index (χ3v) is 6.14. The van der Waals surface area contributed by atoms with Crippen LogP contribution in [0.3, 0.4) is 0 Å². The number of nitrogens with zero attached hydrogens (tertiary/aromatic N) is 1. The fourth-order valence-corrected chi connectivity index (χ4v) is 3.91. The topological polar surface area (TPSA) is 87.7 Å². The Morgan fingerprint density at radius 1 is 0.973 bits per heavy atom. The summed E-state index contributed by atoms with van der Waals surface area (Å²) in [6.45, 7) is 14.2. The van der Waals surface area contributed by atoms with Crippen LogP contribution in [0.15, 0.2) is 55.6 Å². The van der Waals surface area contributed by atoms with E-state index in [4.69, 9.17) is 4.84 Å². The Morgan fingerprint density at radius 2 is 1.62 bits per heavy atom. The molecule has 0 aliphatic carbocycles. The molecule has 0 radical (unpaired) electrons. The number of hydrogen-bond acceptors (Lipinski definition) is 4. The summed E-state index contributed by atoms with van der Waals surface area (Å²) in [5, 5.41) is 7.13. The van der Waals surface area contributed by atoms with Crippen molar-refractivity contribution in [2.45, 2.75) is 84.8 Å². The molecule has 7 heteroatoms. The summed E-state index contributed by atoms with van der Waals surface area (Å²) in [7, 11) is 0. The van der Waals surface area contributed by atoms with Crippen molar-refractivity contribution in [3.05, 3.63) is 61.2 Å². The van der Waals surface area contributed by atoms with E-state index in [-0.39, 0.29) is 25.0 Å². The number of carbonyl (C=O) groups is 3. The van der Waals surface area contributed by atoms with E-state index in [2.05, 4.69) is 23.8 Å². The van der Waals surface area contributed by atoms with Gasteiger partial charge in [-0.1, -0.05) is 76.1 Å². The van der Waals surface area contributed by atoms with Crippen LogP contribution in [0, 0.1) is 11.3 Å². The van der Waals surface area contributed by atoms with Gasteiger partial charge in [0.1, 0.15) is 12.6 Å². The van der Waals surface area contributed by atoms with Gasteiger partial charge in [-0.2, -0.15) is 0 Å². The summed E-state index contributed by atoms with van der Waals surface area (Å²) < 4.78 is 0. The summed E-state index contributed by atoms with van der Waals surface area (Å²) >= 11 is 0. The first-order chi connectivity index (χ1) is 17.7. The van der Waals surface area contributed by atoms with Crippen LogP contribution < -0.4 is 10.6 Å². The van der Waals surface area contributed by atoms with E-state index < -0.39 is 17.4 Å². The highest BCUT2D eigenvalue weighted by molar-refractivity contribution is 5.89. The van der Waals surface area contributed by atoms with Crippen molar-refractivity contribution in [1.29, 1.82) is 0 Å². The van der Waals surface area contributed by atoms with Gasteiger partial charge in [-0.25, -0.2) is 5.06 Å². The molecule has 0 spiro atoms. The highest BCUT2D eigenvalue weighted by atomic mass is 16.7. The van der Waals surface area contributed by atoms with Crippen molar-refractivity contribution in [2.75, 3.05) is 13.1 Å². The first-order valence-electron chi connectivity index (χ1n) is 13.4. The van der Waals surface area contributed by atoms with Gasteiger partial charge in [0.25, 0.3) is 0 Å². The fraction of sp³-hybridized carbons (Fsp3) is 0.567. The van der Waals surface area contributed by atoms with Gasteiger partial charge in [0.15, 0.2) is 0 Å². The van der Waals surface area contributed by atoms with Crippen LogP contribution in [0.25, 0.3) is 0 Å². The van der Waals surface area contributed by atoms with Crippen LogP contribution in [0.1, 0.15) is 77.7 Å². The van der Waals surface area contributed by atoms with Gasteiger partial charge < -0.3 is 10.6 Å². The number of amides is 3. The van der Waals surface area contributed by atoms with Crippen molar-refractivity contribution in [1.82, 2.24) is 15.7 Å². The average molecular weight is 514 g/mol. The highest BCUT2D eigenvalue weighted by Gasteiger charge is 2.34. The zero-order valence-electron chi connectivity index (χ0n) is 23.0. The summed E-state index contributed by atoms with van der Waals surface area (Å²) in [5.74, 6) is -0.980. The molecule has 0 unspecified atom stereocenters. The van der Waals surface area contributed by atoms with Crippen molar-refractivity contribution >= 4 is 18.2 Å². The van der Waals surface area contributed by atoms with Gasteiger partial charge >= 0.3 is 0 Å². The average Bonchev–Trinajstić information content (AvgIpc) is 2.87. The van der Waals surface area contributed by atoms with E-state index in [0.717, 1.165) is 50.5 Å². The van der Waals surface area contributed by atoms with Crippen molar-refractivity contribution < 1.29 is 19.2 Å². The minimum Gasteiger partial charge on any atom is -0.354 e. The molecule has 0 saturated carbocycles. The van der Waals surface area contributed by atoms with E-state index in [1.54, 1.807) is 6.08 Å². The monoisotopic (exact) mass is 513 g/mol. The van der Waals surface area contributed by atoms with Crippen LogP contribution in [-0.2, 0) is 25.8 Å². The Labute approximate surface area is 223 Å². The van der Waals surface area contributed by atoms with E-state index in [1.165, 1.54) is 5.06 Å². The van der Waals surface area contributed by atoms with Gasteiger partial charge in [0, 0.05) is 6.54 Å². The minimum atomic E-state index is -0.697. The number of nitrogens with one attached hydrogen (secondary N) is 2. The van der Waals surface area contributed by atoms with Gasteiger partial charge in [0.2, 0.25) is 18.2 Å². The standard InChI is InChI=1S/C30H47N3O4/c1-6-8-10-11-12-17-21-31-29(36)27(30(3,4)5)32-28(35)26(20-14-9-7-2)22-33(24-34)37-23-25-18-15-13-16-19-25/h6-7,13,15-16,18-19,24,26-27H,1-2,8-12,14,17,20-23H2,3-5H3,(H,31,36)(H,32,35)/t26-,27-/m1/s1. The molecular formula is C30H47N3O4. The van der Waals surface area contributed by atoms with E-state index in [9.17, 15) is 14.4 Å². The molecule has 0 bridgehead atoms. The lowest BCUT2D eigenvalue weighted by Gasteiger charge is -2.32. The third-order valence-electron chi connectivity index (χ3n) is 6.14. The first kappa shape index (κ1) is 32.1. The molecule has 0 heterocycles. The molecule has 0 aliphatic heterocycles. The molecule has 1 aromatic rings. The summed E-state index contributed by atoms with van der Waals surface area (Å²) in [6.07, 6.45) is 11.5. The lowest BCUT2D eigenvalue weighted by molar-refractivity contribution is -0.182. The molecular weight excluding hydrogens is 466 g/mol. The van der Waals surface area contributed by atoms with Gasteiger partial charge in [-0.15, -0.1) is 13.2 Å². The zero-order valence-corrected chi connectivity index (χ0v) is 23.0. The molecule has 2 N–H and O–H groups in total. The number of allylic oxidation sites excluding steroid dienone is 2. The van der Waals surface area contributed by atoms with Crippen molar-refractivity contribution in [2.24, 2.45) is 11.3 Å². The lowest BCUT2D eigenvalue weighted by Crippen LogP contribution is -2.55. The largest absolute Gasteiger partial charge is 0.354 e. The number of hydroxylamine groups is 2. The Hall–Kier alpha value is -2.93. The molecule has 0 aromatic heterocycles. The molecule has 0 fully saturated rings. The van der Waals surface area contributed by atoms with Crippen LogP contribution in [-0.4, -0.2) is 42.4 Å². The van der Waals surface area contributed by atoms with Gasteiger partial charge in [-0.05, 0) is 49.5 Å². The van der Waals surface area contributed by atoms with Gasteiger partial charge in [0.05, 0.1) is 12.5 Å². The maximum absolute atomic E-state index is 13.4. The van der Waals surface area contributed by atoms with E-state index in [0.29, 0.717) is 19.4 Å². The minimum absolute atomic E-state index is 0.0997. The molecule has 1 aromatic carbocycles. The Morgan fingerprint density at radius 3 is 2.24 bits per heavy atom. The Bertz CT molecular complexity index is 820. The van der Waals surface area contributed by atoms with Crippen molar-refractivity contribution in [3.8, 4) is 0 Å². The normalized spacial score (nSPS) is 12.7. The lowest BCUT2D eigenvalue weighted by atomic mass is 9.85. The predicted molar refractivity (Wildman–Crippen MR) is 149 cm³/mol. The van der Waals surface area contributed by atoms with Crippen LogP contribution in [0.4, 0.5) is 0 Å². The van der Waals surface area contributed by atoms with E-state index in [1.807, 2.05) is 57.2 Å². The first-order valence-corrected chi connectivity index (χ1v) is 13.4. The number of hydrogen-bond donors (Lipinski definition) is 2. The molecule has 206 valence electrons. The molecule has 2 atom stereocenters. The van der Waals surface area contributed by atoms with E-state index >= 15 is 0 Å². The fourth-order valence-electron chi connectivity index (χ4n) is 3.91. The second-order valence-corrected chi connectivity index (χ2v) is 10.5. The quantitative estimate of drug-likeness (QED) is 0.107. The maximum Gasteiger partial charge on any atom is 0.243 e. The summed E-state index contributed by atoms with van der Waals surface area (Å²) in [6, 6.07) is 8.83. The second kappa shape index (κ2) is 18.3. The van der Waals surface area contributed by atoms with Crippen molar-refractivity contribution in [3.63, 3.8) is 0 Å². The maximum atomic E-state index is 13.4. The third kappa shape index (κ3) is 13.8. The predicted octanol–water partition coefficient (Wildman–Crippen LogP) is 5.33. The number of unbranched alkanes of at least 4 members (excludes halogenated alkanes) is 5. The summed E-state index contributed by atoms with van der Waals surface area (Å²) in [4.78, 5) is 43.8. The van der Waals surface area contributed by atoms with Crippen LogP contribution in [0.5, 0.6) is 0 Å². The number of carbonyl (C=O) groups excluding carboxylic acids is 3. The zero-order chi connectivity index (χ0) is 27.5. The molecule has 0 aliphatic rings. The number of rotatable bonds is 20. The second-order valence-electron chi connectivity index (χ2n) is 10.5. The van der Waals surface area contributed by atoms with Gasteiger partial charge in [-0.3, -0.25) is 19.2 Å². The molecule has 0 saturated heterocycles. The number of benzene rings is 1. The van der Waals surface area contributed by atoms with Crippen LogP contribution >= 0.6 is 0 Å². The highest BCUT2D eigenvalue weighted by Crippen LogP contribution is 2.21. The smallest absolute Gasteiger partial charge is 0.243 e. The Kier molecular flexibility index (Phi) is 15.9. The molecule has 3 amide bonds. The SMILES string of the molecule is C=CCCCCCCNC(=O)[C@@H](NC(=O)[C@H](CCCC=C)CN(C=O)OCc1ccccc1)C(C)(C)C. The summed E-state index contributed by atoms with van der Waals surface area (Å²) in [5.41, 5.74) is 0.441. The molecule has 37 heavy (non-hydrogen) atoms.